The summed E-state index contributed by atoms with van der Waals surface area (Å²) in [4.78, 5) is 2.57. The van der Waals surface area contributed by atoms with Crippen LogP contribution in [0.2, 0.25) is 0 Å². The van der Waals surface area contributed by atoms with Crippen molar-refractivity contribution in [1.82, 2.24) is 10.1 Å². The zero-order valence-electron chi connectivity index (χ0n) is 13.2. The van der Waals surface area contributed by atoms with Crippen molar-refractivity contribution in [2.24, 2.45) is 5.92 Å². The summed E-state index contributed by atoms with van der Waals surface area (Å²) in [7, 11) is 0. The summed E-state index contributed by atoms with van der Waals surface area (Å²) < 4.78 is 5.33. The minimum absolute atomic E-state index is 0.610. The summed E-state index contributed by atoms with van der Waals surface area (Å²) in [6.45, 7) is 8.32. The molecule has 2 aromatic rings. The number of rotatable bonds is 6. The molecule has 0 bridgehead atoms. The highest BCUT2D eigenvalue weighted by molar-refractivity contribution is 5.21. The van der Waals surface area contributed by atoms with Gasteiger partial charge in [0, 0.05) is 24.7 Å². The van der Waals surface area contributed by atoms with Crippen molar-refractivity contribution in [3.8, 4) is 0 Å². The lowest BCUT2D eigenvalue weighted by molar-refractivity contribution is 0.171. The Morgan fingerprint density at radius 3 is 2.48 bits per heavy atom. The van der Waals surface area contributed by atoms with Gasteiger partial charge in [0.05, 0.1) is 5.69 Å². The predicted octanol–water partition coefficient (Wildman–Crippen LogP) is 4.09. The van der Waals surface area contributed by atoms with Crippen molar-refractivity contribution >= 4 is 0 Å². The van der Waals surface area contributed by atoms with Gasteiger partial charge in [0.25, 0.3) is 0 Å². The predicted molar refractivity (Wildman–Crippen MR) is 83.9 cm³/mol. The van der Waals surface area contributed by atoms with Crippen LogP contribution >= 0.6 is 0 Å². The minimum atomic E-state index is 0.610. The van der Waals surface area contributed by atoms with Crippen LogP contribution in [-0.4, -0.2) is 16.1 Å². The van der Waals surface area contributed by atoms with Crippen molar-refractivity contribution in [2.75, 3.05) is 0 Å². The van der Waals surface area contributed by atoms with E-state index >= 15 is 0 Å². The molecule has 1 aromatic heterocycles. The van der Waals surface area contributed by atoms with Gasteiger partial charge in [-0.15, -0.1) is 0 Å². The molecule has 112 valence electrons. The van der Waals surface area contributed by atoms with Crippen LogP contribution < -0.4 is 0 Å². The Labute approximate surface area is 126 Å². The lowest BCUT2D eigenvalue weighted by Gasteiger charge is -2.29. The third-order valence-electron chi connectivity index (χ3n) is 4.65. The summed E-state index contributed by atoms with van der Waals surface area (Å²) in [6.07, 6.45) is 2.74. The molecule has 3 heteroatoms. The molecule has 0 amide bonds. The maximum atomic E-state index is 5.33. The fourth-order valence-electron chi connectivity index (χ4n) is 2.97. The van der Waals surface area contributed by atoms with E-state index in [1.165, 1.54) is 24.0 Å². The summed E-state index contributed by atoms with van der Waals surface area (Å²) in [5.41, 5.74) is 3.64. The topological polar surface area (TPSA) is 29.3 Å². The number of aryl methyl sites for hydroxylation is 2. The number of benzene rings is 1. The Bertz CT molecular complexity index is 567. The Hall–Kier alpha value is -1.61. The average molecular weight is 284 g/mol. The zero-order valence-corrected chi connectivity index (χ0v) is 13.2. The summed E-state index contributed by atoms with van der Waals surface area (Å²) in [6, 6.07) is 11.3. The first-order chi connectivity index (χ1) is 10.1. The molecule has 1 aromatic carbocycles. The van der Waals surface area contributed by atoms with E-state index in [1.807, 2.05) is 13.8 Å². The molecular formula is C18H24N2O. The highest BCUT2D eigenvalue weighted by Crippen LogP contribution is 2.36. The third-order valence-corrected chi connectivity index (χ3v) is 4.65. The molecular weight excluding hydrogens is 260 g/mol. The van der Waals surface area contributed by atoms with Crippen LogP contribution in [0.5, 0.6) is 0 Å². The fourth-order valence-corrected chi connectivity index (χ4v) is 2.97. The van der Waals surface area contributed by atoms with Crippen LogP contribution in [0, 0.1) is 19.8 Å². The van der Waals surface area contributed by atoms with E-state index in [0.717, 1.165) is 30.5 Å². The monoisotopic (exact) mass is 284 g/mol. The van der Waals surface area contributed by atoms with E-state index in [1.54, 1.807) is 0 Å². The maximum Gasteiger partial charge on any atom is 0.138 e. The quantitative estimate of drug-likeness (QED) is 0.800. The normalized spacial score (nSPS) is 16.4. The maximum absolute atomic E-state index is 5.33. The van der Waals surface area contributed by atoms with Gasteiger partial charge in [-0.1, -0.05) is 35.5 Å². The van der Waals surface area contributed by atoms with Crippen LogP contribution in [0.15, 0.2) is 34.9 Å². The van der Waals surface area contributed by atoms with Crippen LogP contribution in [0.1, 0.15) is 42.3 Å². The largest absolute Gasteiger partial charge is 0.361 e. The first-order valence-electron chi connectivity index (χ1n) is 7.85. The fraction of sp³-hybridized carbons (Fsp3) is 0.500. The molecule has 1 aliphatic rings. The highest BCUT2D eigenvalue weighted by atomic mass is 16.5. The molecule has 3 rings (SSSR count). The van der Waals surface area contributed by atoms with Crippen molar-refractivity contribution in [3.63, 3.8) is 0 Å². The summed E-state index contributed by atoms with van der Waals surface area (Å²) >= 11 is 0. The van der Waals surface area contributed by atoms with Crippen molar-refractivity contribution in [2.45, 2.75) is 52.7 Å². The molecule has 1 heterocycles. The number of nitrogens with zero attached hydrogens (tertiary/aromatic N) is 2. The smallest absolute Gasteiger partial charge is 0.138 e. The molecule has 3 nitrogen and oxygen atoms in total. The molecule has 0 aliphatic heterocycles. The standard InChI is InChI=1S/C18H24N2O/c1-13-18(15(3)21-19-13)12-20(14(2)17-9-10-17)11-16-7-5-4-6-8-16/h4-8,14,17H,9-12H2,1-3H3. The summed E-state index contributed by atoms with van der Waals surface area (Å²) in [5.74, 6) is 1.81. The van der Waals surface area contributed by atoms with Crippen molar-refractivity contribution in [3.05, 3.63) is 52.9 Å². The highest BCUT2D eigenvalue weighted by Gasteiger charge is 2.32. The van der Waals surface area contributed by atoms with Gasteiger partial charge in [-0.2, -0.15) is 0 Å². The van der Waals surface area contributed by atoms with E-state index in [4.69, 9.17) is 4.52 Å². The minimum Gasteiger partial charge on any atom is -0.361 e. The Kier molecular flexibility index (Phi) is 4.11. The first-order valence-corrected chi connectivity index (χ1v) is 7.85. The second kappa shape index (κ2) is 6.02. The molecule has 0 radical (unpaired) electrons. The number of aromatic nitrogens is 1. The van der Waals surface area contributed by atoms with Gasteiger partial charge in [-0.3, -0.25) is 4.90 Å². The van der Waals surface area contributed by atoms with Gasteiger partial charge < -0.3 is 4.52 Å². The molecule has 1 aliphatic carbocycles. The Balaban J connectivity index is 1.79. The van der Waals surface area contributed by atoms with Gasteiger partial charge in [0.2, 0.25) is 0 Å². The van der Waals surface area contributed by atoms with E-state index < -0.39 is 0 Å². The van der Waals surface area contributed by atoms with E-state index in [2.05, 4.69) is 47.3 Å². The molecule has 1 atom stereocenters. The van der Waals surface area contributed by atoms with E-state index in [-0.39, 0.29) is 0 Å². The molecule has 1 unspecified atom stereocenters. The number of hydrogen-bond donors (Lipinski definition) is 0. The van der Waals surface area contributed by atoms with Gasteiger partial charge in [-0.05, 0) is 45.1 Å². The molecule has 0 saturated heterocycles. The van der Waals surface area contributed by atoms with Gasteiger partial charge in [0.15, 0.2) is 0 Å². The van der Waals surface area contributed by atoms with Crippen molar-refractivity contribution in [1.29, 1.82) is 0 Å². The Morgan fingerprint density at radius 2 is 1.90 bits per heavy atom. The van der Waals surface area contributed by atoms with E-state index in [9.17, 15) is 0 Å². The van der Waals surface area contributed by atoms with Crippen LogP contribution in [-0.2, 0) is 13.1 Å². The van der Waals surface area contributed by atoms with Crippen LogP contribution in [0.25, 0.3) is 0 Å². The lowest BCUT2D eigenvalue weighted by atomic mass is 10.1. The van der Waals surface area contributed by atoms with Crippen molar-refractivity contribution < 1.29 is 4.52 Å². The first kappa shape index (κ1) is 14.3. The Morgan fingerprint density at radius 1 is 1.19 bits per heavy atom. The van der Waals surface area contributed by atoms with Crippen LogP contribution in [0.3, 0.4) is 0 Å². The molecule has 1 saturated carbocycles. The van der Waals surface area contributed by atoms with Gasteiger partial charge in [0.1, 0.15) is 5.76 Å². The summed E-state index contributed by atoms with van der Waals surface area (Å²) in [5, 5.41) is 4.09. The van der Waals surface area contributed by atoms with Gasteiger partial charge >= 0.3 is 0 Å². The van der Waals surface area contributed by atoms with E-state index in [0.29, 0.717) is 6.04 Å². The average Bonchev–Trinajstić information content (AvgIpc) is 3.29. The van der Waals surface area contributed by atoms with Gasteiger partial charge in [-0.25, -0.2) is 0 Å². The molecule has 0 N–H and O–H groups in total. The second-order valence-electron chi connectivity index (χ2n) is 6.27. The van der Waals surface area contributed by atoms with Crippen LogP contribution in [0.4, 0.5) is 0 Å². The molecule has 1 fully saturated rings. The molecule has 0 spiro atoms. The zero-order chi connectivity index (χ0) is 14.8. The SMILES string of the molecule is Cc1noc(C)c1CN(Cc1ccccc1)C(C)C1CC1. The second-order valence-corrected chi connectivity index (χ2v) is 6.27. The number of hydrogen-bond acceptors (Lipinski definition) is 3. The molecule has 21 heavy (non-hydrogen) atoms. The third kappa shape index (κ3) is 3.35. The lowest BCUT2D eigenvalue weighted by Crippen LogP contribution is -2.34.